The van der Waals surface area contributed by atoms with Crippen molar-refractivity contribution in [2.75, 3.05) is 6.61 Å². The molecule has 0 amide bonds. The van der Waals surface area contributed by atoms with Gasteiger partial charge in [0.05, 0.1) is 6.61 Å². The van der Waals surface area contributed by atoms with Gasteiger partial charge < -0.3 is 5.11 Å². The lowest BCUT2D eigenvalue weighted by molar-refractivity contribution is 0.131. The van der Waals surface area contributed by atoms with Crippen LogP contribution in [-0.2, 0) is 11.8 Å². The Kier molecular flexibility index (Phi) is 2.83. The summed E-state index contributed by atoms with van der Waals surface area (Å²) >= 11 is 0. The van der Waals surface area contributed by atoms with E-state index in [2.05, 4.69) is 38.1 Å². The van der Waals surface area contributed by atoms with Crippen LogP contribution in [0.15, 0.2) is 24.3 Å². The molecule has 1 atom stereocenters. The summed E-state index contributed by atoms with van der Waals surface area (Å²) in [5.41, 5.74) is 2.83. The van der Waals surface area contributed by atoms with Crippen molar-refractivity contribution in [1.29, 1.82) is 0 Å². The SMILES string of the molecule is CC(C)C1(CO)CCCc2ccccc21. The lowest BCUT2D eigenvalue weighted by atomic mass is 9.64. The van der Waals surface area contributed by atoms with Gasteiger partial charge in [-0.25, -0.2) is 0 Å². The Balaban J connectivity index is 2.52. The molecule has 0 saturated carbocycles. The van der Waals surface area contributed by atoms with Crippen molar-refractivity contribution in [3.63, 3.8) is 0 Å². The summed E-state index contributed by atoms with van der Waals surface area (Å²) in [5, 5.41) is 9.76. The van der Waals surface area contributed by atoms with Crippen molar-refractivity contribution in [1.82, 2.24) is 0 Å². The highest BCUT2D eigenvalue weighted by Gasteiger charge is 2.38. The highest BCUT2D eigenvalue weighted by Crippen LogP contribution is 2.42. The van der Waals surface area contributed by atoms with Gasteiger partial charge in [-0.3, -0.25) is 0 Å². The van der Waals surface area contributed by atoms with Gasteiger partial charge in [-0.1, -0.05) is 38.1 Å². The Morgan fingerprint density at radius 1 is 1.33 bits per heavy atom. The van der Waals surface area contributed by atoms with E-state index >= 15 is 0 Å². The van der Waals surface area contributed by atoms with E-state index in [-0.39, 0.29) is 12.0 Å². The number of aliphatic hydroxyl groups excluding tert-OH is 1. The lowest BCUT2D eigenvalue weighted by Gasteiger charge is -2.41. The van der Waals surface area contributed by atoms with E-state index in [1.54, 1.807) is 0 Å². The van der Waals surface area contributed by atoms with Crippen molar-refractivity contribution in [3.05, 3.63) is 35.4 Å². The van der Waals surface area contributed by atoms with Crippen LogP contribution in [0.1, 0.15) is 37.8 Å². The van der Waals surface area contributed by atoms with Crippen LogP contribution >= 0.6 is 0 Å². The van der Waals surface area contributed by atoms with E-state index in [1.165, 1.54) is 24.0 Å². The van der Waals surface area contributed by atoms with Crippen molar-refractivity contribution < 1.29 is 5.11 Å². The van der Waals surface area contributed by atoms with Gasteiger partial charge in [0.25, 0.3) is 0 Å². The predicted molar refractivity (Wildman–Crippen MR) is 63.0 cm³/mol. The first kappa shape index (κ1) is 10.7. The molecule has 1 aliphatic carbocycles. The van der Waals surface area contributed by atoms with E-state index < -0.39 is 0 Å². The Bertz CT molecular complexity index is 343. The number of hydrogen-bond acceptors (Lipinski definition) is 1. The van der Waals surface area contributed by atoms with Gasteiger partial charge >= 0.3 is 0 Å². The van der Waals surface area contributed by atoms with Crippen LogP contribution in [0.3, 0.4) is 0 Å². The van der Waals surface area contributed by atoms with E-state index in [0.29, 0.717) is 5.92 Å². The smallest absolute Gasteiger partial charge is 0.0530 e. The quantitative estimate of drug-likeness (QED) is 0.785. The summed E-state index contributed by atoms with van der Waals surface area (Å²) in [6, 6.07) is 8.61. The van der Waals surface area contributed by atoms with E-state index in [4.69, 9.17) is 0 Å². The molecule has 1 N–H and O–H groups in total. The fourth-order valence-electron chi connectivity index (χ4n) is 2.90. The topological polar surface area (TPSA) is 20.2 Å². The molecule has 1 unspecified atom stereocenters. The van der Waals surface area contributed by atoms with E-state index in [0.717, 1.165) is 6.42 Å². The van der Waals surface area contributed by atoms with Crippen molar-refractivity contribution in [3.8, 4) is 0 Å². The molecule has 1 nitrogen and oxygen atoms in total. The molecular formula is C14H20O. The molecule has 0 radical (unpaired) electrons. The fraction of sp³-hybridized carbons (Fsp3) is 0.571. The van der Waals surface area contributed by atoms with Gasteiger partial charge in [0.15, 0.2) is 0 Å². The first-order valence-corrected chi connectivity index (χ1v) is 5.90. The van der Waals surface area contributed by atoms with Crippen LogP contribution in [0.2, 0.25) is 0 Å². The third-order valence-corrected chi connectivity index (χ3v) is 4.01. The van der Waals surface area contributed by atoms with Gasteiger partial charge in [-0.15, -0.1) is 0 Å². The first-order valence-electron chi connectivity index (χ1n) is 5.90. The molecule has 1 aromatic carbocycles. The Morgan fingerprint density at radius 3 is 2.73 bits per heavy atom. The first-order chi connectivity index (χ1) is 7.20. The molecule has 1 heteroatoms. The highest BCUT2D eigenvalue weighted by molar-refractivity contribution is 5.37. The lowest BCUT2D eigenvalue weighted by Crippen LogP contribution is -2.39. The van der Waals surface area contributed by atoms with Gasteiger partial charge in [-0.2, -0.15) is 0 Å². The summed E-state index contributed by atoms with van der Waals surface area (Å²) in [5.74, 6) is 0.504. The molecule has 0 bridgehead atoms. The molecule has 15 heavy (non-hydrogen) atoms. The zero-order valence-electron chi connectivity index (χ0n) is 9.66. The molecule has 2 rings (SSSR count). The Morgan fingerprint density at radius 2 is 2.07 bits per heavy atom. The minimum atomic E-state index is 0.00877. The fourth-order valence-corrected chi connectivity index (χ4v) is 2.90. The normalized spacial score (nSPS) is 25.3. The molecule has 1 aliphatic rings. The predicted octanol–water partition coefficient (Wildman–Crippen LogP) is 2.91. The minimum absolute atomic E-state index is 0.00877. The van der Waals surface area contributed by atoms with Crippen molar-refractivity contribution in [2.24, 2.45) is 5.92 Å². The second kappa shape index (κ2) is 3.97. The number of aryl methyl sites for hydroxylation is 1. The van der Waals surface area contributed by atoms with Crippen LogP contribution in [-0.4, -0.2) is 11.7 Å². The largest absolute Gasteiger partial charge is 0.395 e. The van der Waals surface area contributed by atoms with Crippen LogP contribution in [0.5, 0.6) is 0 Å². The van der Waals surface area contributed by atoms with Gasteiger partial charge in [0.1, 0.15) is 0 Å². The number of rotatable bonds is 2. The van der Waals surface area contributed by atoms with Crippen LogP contribution < -0.4 is 0 Å². The zero-order valence-corrected chi connectivity index (χ0v) is 9.66. The summed E-state index contributed by atoms with van der Waals surface area (Å²) in [6.45, 7) is 4.72. The van der Waals surface area contributed by atoms with Crippen molar-refractivity contribution >= 4 is 0 Å². The molecule has 0 heterocycles. The third-order valence-electron chi connectivity index (χ3n) is 4.01. The number of fused-ring (bicyclic) bond motifs is 1. The summed E-state index contributed by atoms with van der Waals surface area (Å²) in [7, 11) is 0. The second-order valence-electron chi connectivity index (χ2n) is 4.98. The molecule has 0 spiro atoms. The summed E-state index contributed by atoms with van der Waals surface area (Å²) in [6.07, 6.45) is 3.50. The number of benzene rings is 1. The highest BCUT2D eigenvalue weighted by atomic mass is 16.3. The Hall–Kier alpha value is -0.820. The summed E-state index contributed by atoms with van der Waals surface area (Å²) in [4.78, 5) is 0. The maximum absolute atomic E-state index is 9.76. The van der Waals surface area contributed by atoms with Gasteiger partial charge in [-0.05, 0) is 36.3 Å². The Labute approximate surface area is 92.1 Å². The molecule has 1 aromatic rings. The molecular weight excluding hydrogens is 184 g/mol. The maximum atomic E-state index is 9.76. The number of aliphatic hydroxyl groups is 1. The van der Waals surface area contributed by atoms with E-state index in [9.17, 15) is 5.11 Å². The molecule has 82 valence electrons. The number of hydrogen-bond donors (Lipinski definition) is 1. The average Bonchev–Trinajstić information content (AvgIpc) is 2.28. The monoisotopic (exact) mass is 204 g/mol. The molecule has 0 aliphatic heterocycles. The summed E-state index contributed by atoms with van der Waals surface area (Å²) < 4.78 is 0. The maximum Gasteiger partial charge on any atom is 0.0530 e. The van der Waals surface area contributed by atoms with Crippen molar-refractivity contribution in [2.45, 2.75) is 38.5 Å². The van der Waals surface area contributed by atoms with Crippen LogP contribution in [0, 0.1) is 5.92 Å². The van der Waals surface area contributed by atoms with Crippen LogP contribution in [0.25, 0.3) is 0 Å². The van der Waals surface area contributed by atoms with E-state index in [1.807, 2.05) is 0 Å². The standard InChI is InChI=1S/C14H20O/c1-11(2)14(10-15)9-5-7-12-6-3-4-8-13(12)14/h3-4,6,8,11,15H,5,7,9-10H2,1-2H3. The third kappa shape index (κ3) is 1.59. The molecule has 0 fully saturated rings. The zero-order chi connectivity index (χ0) is 10.9. The molecule has 0 aromatic heterocycles. The average molecular weight is 204 g/mol. The van der Waals surface area contributed by atoms with Gasteiger partial charge in [0.2, 0.25) is 0 Å². The second-order valence-corrected chi connectivity index (χ2v) is 4.98. The minimum Gasteiger partial charge on any atom is -0.395 e. The van der Waals surface area contributed by atoms with Crippen LogP contribution in [0.4, 0.5) is 0 Å². The van der Waals surface area contributed by atoms with Gasteiger partial charge in [0, 0.05) is 5.41 Å². The molecule has 0 saturated heterocycles.